The van der Waals surface area contributed by atoms with Crippen LogP contribution < -0.4 is 0 Å². The predicted molar refractivity (Wildman–Crippen MR) is 359 cm³/mol. The average Bonchev–Trinajstić information content (AvgIpc) is 1.51. The fourth-order valence-electron chi connectivity index (χ4n) is 21.8. The molecule has 113 heavy (non-hydrogen) atoms. The molecule has 4 N–H and O–H groups in total. The lowest BCUT2D eigenvalue weighted by Crippen LogP contribution is -2.46. The minimum absolute atomic E-state index is 0.0106. The van der Waals surface area contributed by atoms with Gasteiger partial charge in [0.05, 0.1) is 47.3 Å². The molecule has 18 fully saturated rings. The Kier molecular flexibility index (Phi) is 20.8. The molecule has 12 saturated carbocycles. The lowest BCUT2D eigenvalue weighted by Gasteiger charge is -2.32. The Morgan fingerprint density at radius 3 is 1.19 bits per heavy atom. The van der Waals surface area contributed by atoms with Crippen LogP contribution in [-0.2, 0) is 153 Å². The molecule has 6 aliphatic heterocycles. The number of aliphatic carboxylic acids is 4. The van der Waals surface area contributed by atoms with Gasteiger partial charge in [-0.2, -0.15) is 0 Å². The Balaban J connectivity index is 0.000000119. The third-order valence-corrected chi connectivity index (χ3v) is 26.0. The summed E-state index contributed by atoms with van der Waals surface area (Å²) in [6, 6.07) is 0. The third-order valence-electron chi connectivity index (χ3n) is 26.0. The second kappa shape index (κ2) is 29.5. The second-order valence-corrected chi connectivity index (χ2v) is 32.2. The number of carboxylic acids is 4. The van der Waals surface area contributed by atoms with Crippen LogP contribution in [0.5, 0.6) is 0 Å². The fourth-order valence-corrected chi connectivity index (χ4v) is 21.8. The zero-order valence-corrected chi connectivity index (χ0v) is 61.2. The summed E-state index contributed by atoms with van der Waals surface area (Å²) in [6.07, 6.45) is 6.04. The predicted octanol–water partition coefficient (Wildman–Crippen LogP) is 2.48. The van der Waals surface area contributed by atoms with E-state index in [0.29, 0.717) is 38.5 Å². The van der Waals surface area contributed by atoms with Gasteiger partial charge in [-0.25, -0.2) is 38.4 Å². The summed E-state index contributed by atoms with van der Waals surface area (Å²) in [5, 5.41) is 37.2. The van der Waals surface area contributed by atoms with Gasteiger partial charge in [0.25, 0.3) is 11.6 Å². The van der Waals surface area contributed by atoms with Crippen LogP contribution in [0.15, 0.2) is 74.4 Å². The van der Waals surface area contributed by atoms with E-state index in [-0.39, 0.29) is 131 Å². The highest BCUT2D eigenvalue weighted by atomic mass is 16.8. The van der Waals surface area contributed by atoms with E-state index in [1.807, 2.05) is 0 Å². The van der Waals surface area contributed by atoms with Gasteiger partial charge in [0, 0.05) is 95.1 Å². The van der Waals surface area contributed by atoms with Gasteiger partial charge < -0.3 is 86.7 Å². The van der Waals surface area contributed by atoms with Gasteiger partial charge in [0.2, 0.25) is 0 Å². The molecule has 0 aromatic heterocycles. The lowest BCUT2D eigenvalue weighted by atomic mass is 9.73. The Morgan fingerprint density at radius 1 is 0.416 bits per heavy atom. The maximum atomic E-state index is 12.0. The number of esters is 14. The Morgan fingerprint density at radius 2 is 0.805 bits per heavy atom. The zero-order chi connectivity index (χ0) is 82.1. The quantitative estimate of drug-likeness (QED) is 0.0588. The standard InChI is InChI=1S/C14H16O6.3C13H14O6.2C12H12O6/c1-6(2)13(16)18-5-10(15)19-11-7-3-8-9(4-7)14(17)20-12(8)11;1-6(2)9(14)18-13-5-7-3-8(13)12(4-7,10(15)16)11(17)19-13;1-4(2)12(16)18-9-5-3-6-8(7(5)11(14)15)13(17)19-10(6)9;1-2-9(14)17-5-10(15)18-11-6-3-7-8(4-6)13(16)19-12(7)11;1-2-8(13)17-12-5-6-3-7(12)11(4-6,9(14)15)10(16)18-12;1-2-6(13)17-9-4-3-5-8(7(4)11(14)15)12(16)18-10(5)9/h7-9,11-12H,1,3-5H2,2H3;7-8H,1,3-5H2,2H3,(H,15,16);5-10H,1,3H2,2H3,(H,14,15);2,6-8,11-12H,1,3-5H2;2,6-7H,1,3-5H2,(H,14,15);2,4-5,7-10H,1,3H2,(H,14,15). The van der Waals surface area contributed by atoms with Gasteiger partial charge in [0.15, 0.2) is 24.0 Å². The molecule has 0 amide bonds. The molecular formula is C77H82O36. The molecule has 606 valence electrons. The van der Waals surface area contributed by atoms with Gasteiger partial charge in [0.1, 0.15) is 48.8 Å². The first-order chi connectivity index (χ1) is 53.3. The van der Waals surface area contributed by atoms with Crippen molar-refractivity contribution in [1.82, 2.24) is 0 Å². The zero-order valence-electron chi connectivity index (χ0n) is 61.2. The van der Waals surface area contributed by atoms with Gasteiger partial charge in [-0.05, 0) is 96.8 Å². The first-order valence-corrected chi connectivity index (χ1v) is 36.9. The number of rotatable bonds is 20. The Labute approximate surface area is 641 Å². The smallest absolute Gasteiger partial charge is 0.344 e. The molecule has 0 spiro atoms. The molecule has 30 atom stereocenters. The Hall–Kier alpha value is -11.1. The molecule has 0 radical (unpaired) electrons. The molecule has 18 rings (SSSR count). The van der Waals surface area contributed by atoms with E-state index >= 15 is 0 Å². The molecule has 12 bridgehead atoms. The van der Waals surface area contributed by atoms with Crippen molar-refractivity contribution >= 4 is 107 Å². The molecule has 0 aromatic rings. The van der Waals surface area contributed by atoms with Crippen molar-refractivity contribution in [3.8, 4) is 0 Å². The third kappa shape index (κ3) is 13.3. The summed E-state index contributed by atoms with van der Waals surface area (Å²) in [5.74, 6) is -19.2. The van der Waals surface area contributed by atoms with Crippen LogP contribution in [-0.4, -0.2) is 201 Å². The van der Waals surface area contributed by atoms with E-state index in [1.165, 1.54) is 20.8 Å². The first-order valence-electron chi connectivity index (χ1n) is 36.9. The number of carbonyl (C=O) groups is 18. The van der Waals surface area contributed by atoms with Crippen molar-refractivity contribution in [2.45, 2.75) is 158 Å². The molecule has 12 aliphatic carbocycles. The van der Waals surface area contributed by atoms with Crippen molar-refractivity contribution in [2.75, 3.05) is 13.2 Å². The molecule has 36 heteroatoms. The number of hydrogen-bond donors (Lipinski definition) is 4. The van der Waals surface area contributed by atoms with E-state index in [4.69, 9.17) is 61.6 Å². The molecule has 36 nitrogen and oxygen atoms in total. The van der Waals surface area contributed by atoms with E-state index < -0.39 is 197 Å². The maximum Gasteiger partial charge on any atom is 0.344 e. The van der Waals surface area contributed by atoms with Crippen molar-refractivity contribution < 1.29 is 173 Å². The van der Waals surface area contributed by atoms with Crippen LogP contribution in [0, 0.1) is 117 Å². The van der Waals surface area contributed by atoms with E-state index in [2.05, 4.69) is 44.2 Å². The van der Waals surface area contributed by atoms with E-state index in [1.54, 1.807) is 0 Å². The number of carbonyl (C=O) groups excluding carboxylic acids is 14. The van der Waals surface area contributed by atoms with Gasteiger partial charge >= 0.3 is 107 Å². The molecule has 6 heterocycles. The lowest BCUT2D eigenvalue weighted by molar-refractivity contribution is -0.221. The van der Waals surface area contributed by atoms with E-state index in [0.717, 1.165) is 43.9 Å². The maximum absolute atomic E-state index is 12.0. The normalized spacial score (nSPS) is 40.9. The van der Waals surface area contributed by atoms with E-state index in [9.17, 15) is 107 Å². The highest BCUT2D eigenvalue weighted by molar-refractivity contribution is 6.04. The van der Waals surface area contributed by atoms with Crippen LogP contribution >= 0.6 is 0 Å². The summed E-state index contributed by atoms with van der Waals surface area (Å²) in [5.41, 5.74) is -2.38. The number of carboxylic acid groups (broad SMARTS) is 4. The van der Waals surface area contributed by atoms with Crippen molar-refractivity contribution in [2.24, 2.45) is 117 Å². The van der Waals surface area contributed by atoms with Gasteiger partial charge in [-0.15, -0.1) is 0 Å². The van der Waals surface area contributed by atoms with Crippen LogP contribution in [0.2, 0.25) is 0 Å². The minimum atomic E-state index is -1.53. The number of ether oxygens (including phenoxy) is 14. The molecular weight excluding hydrogens is 1500 g/mol. The fraction of sp³-hybridized carbons (Fsp3) is 0.610. The Bertz CT molecular complexity index is 4280. The minimum Gasteiger partial charge on any atom is -0.481 e. The van der Waals surface area contributed by atoms with Crippen LogP contribution in [0.3, 0.4) is 0 Å². The van der Waals surface area contributed by atoms with Crippen molar-refractivity contribution in [3.63, 3.8) is 0 Å². The van der Waals surface area contributed by atoms with Gasteiger partial charge in [-0.3, -0.25) is 47.9 Å². The highest BCUT2D eigenvalue weighted by Gasteiger charge is 2.81. The SMILES string of the molecule is C=C(C)C(=O)OC12CC3CC1C(C(=O)O)(C3)C(=O)O2.C=C(C)C(=O)OC1C2CC3C1OC(=O)C3C2C(=O)O.C=C(C)C(=O)OCC(=O)OC1C2CC3C(=O)OC1C3C2.C=CC(=O)OC12CC3CC1C(C(=O)O)(C3)C(=O)O2.C=CC(=O)OC1C2CC3C1OC(=O)C3C2C(=O)O.C=CC(=O)OCC(=O)OC1C2CC3C(=O)OC1C3C2. The second-order valence-electron chi connectivity index (χ2n) is 32.2. The van der Waals surface area contributed by atoms with Crippen LogP contribution in [0.25, 0.3) is 0 Å². The summed E-state index contributed by atoms with van der Waals surface area (Å²) < 4.78 is 72.1. The average molecular weight is 1580 g/mol. The van der Waals surface area contributed by atoms with Gasteiger partial charge in [-0.1, -0.05) is 39.5 Å². The van der Waals surface area contributed by atoms with Crippen molar-refractivity contribution in [1.29, 1.82) is 0 Å². The summed E-state index contributed by atoms with van der Waals surface area (Å²) in [7, 11) is 0. The number of fused-ring (bicyclic) bond motifs is 6. The first kappa shape index (κ1) is 80.0. The summed E-state index contributed by atoms with van der Waals surface area (Å²) >= 11 is 0. The molecule has 18 aliphatic rings. The largest absolute Gasteiger partial charge is 0.481 e. The van der Waals surface area contributed by atoms with Crippen molar-refractivity contribution in [3.05, 3.63) is 74.4 Å². The van der Waals surface area contributed by atoms with Crippen LogP contribution in [0.1, 0.15) is 97.8 Å². The number of hydrogen-bond acceptors (Lipinski definition) is 32. The van der Waals surface area contributed by atoms with Crippen LogP contribution in [0.4, 0.5) is 0 Å². The molecule has 0 aromatic carbocycles. The topological polar surface area (TPSA) is 517 Å². The summed E-state index contributed by atoms with van der Waals surface area (Å²) in [6.45, 7) is 23.8. The summed E-state index contributed by atoms with van der Waals surface area (Å²) in [4.78, 5) is 207. The highest BCUT2D eigenvalue weighted by Crippen LogP contribution is 2.69. The molecule has 6 saturated heterocycles. The monoisotopic (exact) mass is 1580 g/mol. The molecule has 30 unspecified atom stereocenters.